The maximum atomic E-state index is 12.6. The second kappa shape index (κ2) is 6.56. The number of nitrogens with zero attached hydrogens (tertiary/aromatic N) is 2. The van der Waals surface area contributed by atoms with Crippen molar-refractivity contribution < 1.29 is 13.9 Å². The summed E-state index contributed by atoms with van der Waals surface area (Å²) in [6, 6.07) is 13.9. The van der Waals surface area contributed by atoms with E-state index < -0.39 is 6.10 Å². The quantitative estimate of drug-likeness (QED) is 0.331. The third kappa shape index (κ3) is 2.95. The molecule has 0 saturated carbocycles. The van der Waals surface area contributed by atoms with Crippen molar-refractivity contribution in [2.75, 3.05) is 0 Å². The first kappa shape index (κ1) is 16.6. The van der Waals surface area contributed by atoms with Crippen LogP contribution in [0, 0.1) is 0 Å². The minimum absolute atomic E-state index is 0.288. The molecule has 5 rings (SSSR count). The van der Waals surface area contributed by atoms with Crippen LogP contribution < -0.4 is 0 Å². The standard InChI is InChI=1S/C19H12N2O3S3/c1-10(17-20-21-18(24-17)13-7-4-8-25-13)23-19(22)15-9-14-16(27-15)11-5-2-3-6-12(11)26-14/h2-10H,1H3. The number of ether oxygens (including phenoxy) is 1. The van der Waals surface area contributed by atoms with Crippen molar-refractivity contribution >= 4 is 59.5 Å². The summed E-state index contributed by atoms with van der Waals surface area (Å²) < 4.78 is 14.6. The highest BCUT2D eigenvalue weighted by atomic mass is 32.1. The molecule has 27 heavy (non-hydrogen) atoms. The molecule has 0 spiro atoms. The number of hydrogen-bond acceptors (Lipinski definition) is 8. The number of aromatic nitrogens is 2. The van der Waals surface area contributed by atoms with Crippen LogP contribution in [-0.2, 0) is 4.74 Å². The Labute approximate surface area is 165 Å². The number of rotatable bonds is 4. The molecule has 0 fully saturated rings. The van der Waals surface area contributed by atoms with Crippen LogP contribution in [0.2, 0.25) is 0 Å². The third-order valence-electron chi connectivity index (χ3n) is 4.05. The van der Waals surface area contributed by atoms with Gasteiger partial charge >= 0.3 is 5.97 Å². The monoisotopic (exact) mass is 412 g/mol. The molecule has 0 amide bonds. The largest absolute Gasteiger partial charge is 0.448 e. The molecule has 0 aliphatic rings. The Bertz CT molecular complexity index is 1250. The zero-order valence-electron chi connectivity index (χ0n) is 14.0. The first-order valence-electron chi connectivity index (χ1n) is 8.18. The Morgan fingerprint density at radius 1 is 1.11 bits per heavy atom. The van der Waals surface area contributed by atoms with Crippen LogP contribution in [0.1, 0.15) is 28.6 Å². The summed E-state index contributed by atoms with van der Waals surface area (Å²) >= 11 is 4.65. The molecule has 0 saturated heterocycles. The summed E-state index contributed by atoms with van der Waals surface area (Å²) in [6.45, 7) is 1.73. The second-order valence-corrected chi connectivity index (χ2v) is 8.96. The minimum Gasteiger partial charge on any atom is -0.448 e. The van der Waals surface area contributed by atoms with Gasteiger partial charge in [0.2, 0.25) is 0 Å². The van der Waals surface area contributed by atoms with Gasteiger partial charge in [0, 0.05) is 14.8 Å². The first-order valence-corrected chi connectivity index (χ1v) is 10.7. The normalized spacial score (nSPS) is 12.6. The van der Waals surface area contributed by atoms with Gasteiger partial charge in [0.25, 0.3) is 11.8 Å². The van der Waals surface area contributed by atoms with Crippen LogP contribution >= 0.6 is 34.0 Å². The van der Waals surface area contributed by atoms with Gasteiger partial charge in [-0.05, 0) is 30.5 Å². The number of carbonyl (C=O) groups is 1. The van der Waals surface area contributed by atoms with E-state index in [0.29, 0.717) is 10.8 Å². The molecule has 1 unspecified atom stereocenters. The molecule has 0 N–H and O–H groups in total. The summed E-state index contributed by atoms with van der Waals surface area (Å²) in [6.07, 6.45) is -0.615. The van der Waals surface area contributed by atoms with E-state index in [2.05, 4.69) is 22.3 Å². The number of thiophene rings is 3. The lowest BCUT2D eigenvalue weighted by molar-refractivity contribution is 0.0286. The smallest absolute Gasteiger partial charge is 0.349 e. The Kier molecular flexibility index (Phi) is 4.04. The van der Waals surface area contributed by atoms with Gasteiger partial charge in [0.15, 0.2) is 6.10 Å². The molecule has 0 bridgehead atoms. The molecule has 5 aromatic rings. The van der Waals surface area contributed by atoms with Gasteiger partial charge < -0.3 is 9.15 Å². The predicted octanol–water partition coefficient (Wildman–Crippen LogP) is 6.15. The number of fused-ring (bicyclic) bond motifs is 3. The highest BCUT2D eigenvalue weighted by Gasteiger charge is 2.22. The molecule has 1 atom stereocenters. The second-order valence-electron chi connectivity index (χ2n) is 5.87. The summed E-state index contributed by atoms with van der Waals surface area (Å²) in [7, 11) is 0. The Morgan fingerprint density at radius 2 is 2.00 bits per heavy atom. The molecule has 1 aromatic carbocycles. The molecule has 134 valence electrons. The number of carbonyl (C=O) groups excluding carboxylic acids is 1. The van der Waals surface area contributed by atoms with Gasteiger partial charge in [-0.25, -0.2) is 4.79 Å². The zero-order chi connectivity index (χ0) is 18.4. The number of hydrogen-bond donors (Lipinski definition) is 0. The van der Waals surface area contributed by atoms with Crippen LogP contribution in [0.15, 0.2) is 52.3 Å². The van der Waals surface area contributed by atoms with E-state index in [4.69, 9.17) is 9.15 Å². The van der Waals surface area contributed by atoms with E-state index in [-0.39, 0.29) is 11.9 Å². The summed E-state index contributed by atoms with van der Waals surface area (Å²) in [5, 5.41) is 11.2. The molecule has 4 heterocycles. The Morgan fingerprint density at radius 3 is 2.85 bits per heavy atom. The average molecular weight is 413 g/mol. The van der Waals surface area contributed by atoms with Crippen molar-refractivity contribution in [2.45, 2.75) is 13.0 Å². The molecule has 8 heteroatoms. The van der Waals surface area contributed by atoms with E-state index in [0.717, 1.165) is 14.3 Å². The van der Waals surface area contributed by atoms with Gasteiger partial charge in [-0.3, -0.25) is 0 Å². The van der Waals surface area contributed by atoms with Gasteiger partial charge in [-0.2, -0.15) is 0 Å². The lowest BCUT2D eigenvalue weighted by Gasteiger charge is -2.07. The fourth-order valence-corrected chi connectivity index (χ4v) is 5.82. The zero-order valence-corrected chi connectivity index (χ0v) is 16.5. The van der Waals surface area contributed by atoms with E-state index >= 15 is 0 Å². The molecule has 4 aromatic heterocycles. The van der Waals surface area contributed by atoms with Crippen LogP contribution in [0.4, 0.5) is 0 Å². The van der Waals surface area contributed by atoms with Crippen LogP contribution in [0.25, 0.3) is 30.3 Å². The fraction of sp³-hybridized carbons (Fsp3) is 0.105. The summed E-state index contributed by atoms with van der Waals surface area (Å²) in [4.78, 5) is 14.0. The third-order valence-corrected chi connectivity index (χ3v) is 7.31. The number of esters is 1. The van der Waals surface area contributed by atoms with Gasteiger partial charge in [0.05, 0.1) is 9.58 Å². The highest BCUT2D eigenvalue weighted by Crippen LogP contribution is 2.39. The molecular weight excluding hydrogens is 400 g/mol. The average Bonchev–Trinajstić information content (AvgIpc) is 3.43. The molecular formula is C19H12N2O3S3. The van der Waals surface area contributed by atoms with Crippen LogP contribution in [0.5, 0.6) is 0 Å². The lowest BCUT2D eigenvalue weighted by atomic mass is 10.2. The van der Waals surface area contributed by atoms with E-state index in [1.807, 2.05) is 35.7 Å². The minimum atomic E-state index is -0.615. The van der Waals surface area contributed by atoms with E-state index in [9.17, 15) is 4.79 Å². The summed E-state index contributed by atoms with van der Waals surface area (Å²) in [5.41, 5.74) is 0. The van der Waals surface area contributed by atoms with Crippen LogP contribution in [-0.4, -0.2) is 16.2 Å². The van der Waals surface area contributed by atoms with Crippen molar-refractivity contribution in [3.8, 4) is 10.8 Å². The lowest BCUT2D eigenvalue weighted by Crippen LogP contribution is -2.08. The molecule has 0 aliphatic heterocycles. The van der Waals surface area contributed by atoms with Crippen LogP contribution in [0.3, 0.4) is 0 Å². The maximum Gasteiger partial charge on any atom is 0.349 e. The molecule has 5 nitrogen and oxygen atoms in total. The van der Waals surface area contributed by atoms with Crippen molar-refractivity contribution in [3.05, 3.63) is 58.6 Å². The summed E-state index contributed by atoms with van der Waals surface area (Å²) in [5.74, 6) is 0.345. The Balaban J connectivity index is 1.37. The molecule has 0 aliphatic carbocycles. The maximum absolute atomic E-state index is 12.6. The van der Waals surface area contributed by atoms with E-state index in [1.54, 1.807) is 18.3 Å². The predicted molar refractivity (Wildman–Crippen MR) is 109 cm³/mol. The van der Waals surface area contributed by atoms with Crippen molar-refractivity contribution in [1.82, 2.24) is 10.2 Å². The van der Waals surface area contributed by atoms with Gasteiger partial charge in [-0.15, -0.1) is 44.2 Å². The van der Waals surface area contributed by atoms with Gasteiger partial charge in [-0.1, -0.05) is 24.3 Å². The topological polar surface area (TPSA) is 65.2 Å². The molecule has 0 radical (unpaired) electrons. The van der Waals surface area contributed by atoms with Crippen molar-refractivity contribution in [2.24, 2.45) is 0 Å². The van der Waals surface area contributed by atoms with Crippen molar-refractivity contribution in [1.29, 1.82) is 0 Å². The van der Waals surface area contributed by atoms with Crippen molar-refractivity contribution in [3.63, 3.8) is 0 Å². The Hall–Kier alpha value is -2.55. The van der Waals surface area contributed by atoms with E-state index in [1.165, 1.54) is 32.8 Å². The number of benzene rings is 1. The SMILES string of the molecule is CC(OC(=O)c1cc2sc3ccccc3c2s1)c1nnc(-c2cccs2)o1. The highest BCUT2D eigenvalue weighted by molar-refractivity contribution is 7.33. The fourth-order valence-electron chi connectivity index (χ4n) is 2.77. The van der Waals surface area contributed by atoms with Gasteiger partial charge in [0.1, 0.15) is 4.88 Å². The first-order chi connectivity index (χ1) is 13.2.